The molecule has 1 aliphatic rings. The third-order valence-electron chi connectivity index (χ3n) is 4.96. The van der Waals surface area contributed by atoms with E-state index in [1.54, 1.807) is 36.4 Å². The number of primary amides is 1. The predicted molar refractivity (Wildman–Crippen MR) is 124 cm³/mol. The minimum Gasteiger partial charge on any atom is -0.497 e. The van der Waals surface area contributed by atoms with Crippen LogP contribution < -0.4 is 30.7 Å². The van der Waals surface area contributed by atoms with Gasteiger partial charge in [-0.05, 0) is 49.4 Å². The maximum Gasteiger partial charge on any atom is 0.312 e. The molecule has 3 rings (SSSR count). The highest BCUT2D eigenvalue weighted by atomic mass is 32.2. The molecule has 2 aromatic rings. The summed E-state index contributed by atoms with van der Waals surface area (Å²) in [7, 11) is -2.50. The van der Waals surface area contributed by atoms with Gasteiger partial charge in [0.2, 0.25) is 5.91 Å². The molecule has 1 fully saturated rings. The Balaban J connectivity index is 1.93. The van der Waals surface area contributed by atoms with Gasteiger partial charge in [0.1, 0.15) is 16.7 Å². The topological polar surface area (TPSA) is 152 Å². The summed E-state index contributed by atoms with van der Waals surface area (Å²) in [5.41, 5.74) is 6.16. The first kappa shape index (κ1) is 24.1. The number of urea groups is 1. The normalized spacial score (nSPS) is 14.8. The second-order valence-electron chi connectivity index (χ2n) is 7.34. The van der Waals surface area contributed by atoms with Gasteiger partial charge in [0.05, 0.1) is 26.0 Å². The Morgan fingerprint density at radius 2 is 1.73 bits per heavy atom. The van der Waals surface area contributed by atoms with Crippen molar-refractivity contribution in [2.45, 2.75) is 17.9 Å². The van der Waals surface area contributed by atoms with Crippen LogP contribution in [0, 0.1) is 0 Å². The van der Waals surface area contributed by atoms with Gasteiger partial charge in [-0.15, -0.1) is 0 Å². The summed E-state index contributed by atoms with van der Waals surface area (Å²) < 4.78 is 39.8. The Hall–Kier alpha value is -3.51. The van der Waals surface area contributed by atoms with Crippen LogP contribution in [0.3, 0.4) is 0 Å². The fourth-order valence-electron chi connectivity index (χ4n) is 3.27. The molecule has 0 saturated carbocycles. The summed E-state index contributed by atoms with van der Waals surface area (Å²) in [6.45, 7) is 3.46. The van der Waals surface area contributed by atoms with Crippen LogP contribution in [0.25, 0.3) is 0 Å². The van der Waals surface area contributed by atoms with E-state index in [-0.39, 0.29) is 10.6 Å². The number of nitrogens with two attached hydrogens (primary N) is 1. The van der Waals surface area contributed by atoms with Gasteiger partial charge in [-0.3, -0.25) is 9.52 Å². The maximum atomic E-state index is 13.4. The van der Waals surface area contributed by atoms with E-state index in [4.69, 9.17) is 15.2 Å². The number of hydrogen-bond acceptors (Lipinski definition) is 7. The van der Waals surface area contributed by atoms with Gasteiger partial charge in [-0.2, -0.15) is 0 Å². The summed E-state index contributed by atoms with van der Waals surface area (Å²) in [5, 5.41) is 4.88. The quantitative estimate of drug-likeness (QED) is 0.447. The Morgan fingerprint density at radius 3 is 2.33 bits per heavy atom. The van der Waals surface area contributed by atoms with Crippen molar-refractivity contribution in [3.05, 3.63) is 42.5 Å². The van der Waals surface area contributed by atoms with Crippen LogP contribution in [0.2, 0.25) is 0 Å². The minimum absolute atomic E-state index is 0.00599. The van der Waals surface area contributed by atoms with Crippen molar-refractivity contribution < 1.29 is 27.5 Å². The highest BCUT2D eigenvalue weighted by Gasteiger charge is 2.25. The van der Waals surface area contributed by atoms with E-state index in [1.165, 1.54) is 20.1 Å². The largest absolute Gasteiger partial charge is 0.497 e. The Morgan fingerprint density at radius 1 is 1.09 bits per heavy atom. The Kier molecular flexibility index (Phi) is 7.61. The monoisotopic (exact) mass is 477 g/mol. The molecule has 0 aliphatic carbocycles. The van der Waals surface area contributed by atoms with Crippen LogP contribution in [-0.4, -0.2) is 59.8 Å². The molecule has 178 valence electrons. The Labute approximate surface area is 192 Å². The lowest BCUT2D eigenvalue weighted by Gasteiger charge is -2.30. The molecule has 0 bridgehead atoms. The molecule has 1 saturated heterocycles. The summed E-state index contributed by atoms with van der Waals surface area (Å²) in [6, 6.07) is 9.34. The number of benzene rings is 2. The fourth-order valence-corrected chi connectivity index (χ4v) is 4.58. The number of sulfonamides is 1. The van der Waals surface area contributed by atoms with Crippen LogP contribution in [-0.2, 0) is 19.6 Å². The van der Waals surface area contributed by atoms with Crippen LogP contribution >= 0.6 is 0 Å². The van der Waals surface area contributed by atoms with Gasteiger partial charge in [0, 0.05) is 24.5 Å². The smallest absolute Gasteiger partial charge is 0.312 e. The molecule has 1 aliphatic heterocycles. The lowest BCUT2D eigenvalue weighted by atomic mass is 10.2. The van der Waals surface area contributed by atoms with E-state index < -0.39 is 28.0 Å². The van der Waals surface area contributed by atoms with Crippen molar-refractivity contribution in [1.29, 1.82) is 0 Å². The highest BCUT2D eigenvalue weighted by molar-refractivity contribution is 7.92. The molecule has 11 nitrogen and oxygen atoms in total. The van der Waals surface area contributed by atoms with Crippen LogP contribution in [0.15, 0.2) is 47.4 Å². The van der Waals surface area contributed by atoms with Gasteiger partial charge in [0.25, 0.3) is 10.0 Å². The molecular weight excluding hydrogens is 450 g/mol. The maximum absolute atomic E-state index is 13.4. The number of hydrogen-bond donors (Lipinski definition) is 4. The van der Waals surface area contributed by atoms with E-state index in [0.29, 0.717) is 43.4 Å². The van der Waals surface area contributed by atoms with Gasteiger partial charge < -0.3 is 30.7 Å². The molecule has 2 aromatic carbocycles. The van der Waals surface area contributed by atoms with Gasteiger partial charge >= 0.3 is 6.03 Å². The molecule has 0 radical (unpaired) electrons. The number of ether oxygens (including phenoxy) is 2. The van der Waals surface area contributed by atoms with E-state index in [9.17, 15) is 18.0 Å². The zero-order valence-electron chi connectivity index (χ0n) is 18.3. The summed E-state index contributed by atoms with van der Waals surface area (Å²) in [4.78, 5) is 25.3. The van der Waals surface area contributed by atoms with Crippen molar-refractivity contribution in [3.8, 4) is 5.75 Å². The second kappa shape index (κ2) is 10.4. The second-order valence-corrected chi connectivity index (χ2v) is 8.99. The molecule has 3 amide bonds. The number of amides is 3. The molecular formula is C21H27N5O6S. The summed E-state index contributed by atoms with van der Waals surface area (Å²) in [5.74, 6) is 0.0507. The zero-order valence-corrected chi connectivity index (χ0v) is 19.1. The molecule has 0 aromatic heterocycles. The van der Waals surface area contributed by atoms with Crippen LogP contribution in [0.1, 0.15) is 6.92 Å². The SMILES string of the molecule is COc1ccc(NS(=O)(=O)c2cc(NC(=O)C(C)NC(N)=O)ccc2N2CCOCC2)cc1. The number of methoxy groups -OCH3 is 1. The van der Waals surface area contributed by atoms with Crippen molar-refractivity contribution in [2.24, 2.45) is 5.73 Å². The van der Waals surface area contributed by atoms with Gasteiger partial charge in [0.15, 0.2) is 0 Å². The van der Waals surface area contributed by atoms with Crippen molar-refractivity contribution in [3.63, 3.8) is 0 Å². The third kappa shape index (κ3) is 6.26. The third-order valence-corrected chi connectivity index (χ3v) is 6.37. The van der Waals surface area contributed by atoms with Crippen molar-refractivity contribution >= 4 is 39.0 Å². The van der Waals surface area contributed by atoms with E-state index in [0.717, 1.165) is 0 Å². The fraction of sp³-hybridized carbons (Fsp3) is 0.333. The lowest BCUT2D eigenvalue weighted by molar-refractivity contribution is -0.117. The molecule has 0 spiro atoms. The van der Waals surface area contributed by atoms with Crippen LogP contribution in [0.4, 0.5) is 21.9 Å². The van der Waals surface area contributed by atoms with Gasteiger partial charge in [-0.25, -0.2) is 13.2 Å². The molecule has 1 unspecified atom stereocenters. The first-order valence-corrected chi connectivity index (χ1v) is 11.7. The van der Waals surface area contributed by atoms with Crippen LogP contribution in [0.5, 0.6) is 5.75 Å². The highest BCUT2D eigenvalue weighted by Crippen LogP contribution is 2.31. The predicted octanol–water partition coefficient (Wildman–Crippen LogP) is 1.33. The van der Waals surface area contributed by atoms with Crippen molar-refractivity contribution in [2.75, 3.05) is 48.4 Å². The number of morpholine rings is 1. The molecule has 1 heterocycles. The number of nitrogens with one attached hydrogen (secondary N) is 3. The van der Waals surface area contributed by atoms with E-state index in [1.807, 2.05) is 4.90 Å². The first-order chi connectivity index (χ1) is 15.7. The van der Waals surface area contributed by atoms with E-state index in [2.05, 4.69) is 15.4 Å². The lowest BCUT2D eigenvalue weighted by Crippen LogP contribution is -2.44. The average Bonchev–Trinajstić information content (AvgIpc) is 2.79. The molecule has 1 atom stereocenters. The Bertz CT molecular complexity index is 1100. The molecule has 33 heavy (non-hydrogen) atoms. The number of carbonyl (C=O) groups excluding carboxylic acids is 2. The van der Waals surface area contributed by atoms with Gasteiger partial charge in [-0.1, -0.05) is 0 Å². The summed E-state index contributed by atoms with van der Waals surface area (Å²) in [6.07, 6.45) is 0. The molecule has 12 heteroatoms. The summed E-state index contributed by atoms with van der Waals surface area (Å²) >= 11 is 0. The number of carbonyl (C=O) groups is 2. The number of nitrogens with zero attached hydrogens (tertiary/aromatic N) is 1. The minimum atomic E-state index is -4.02. The standard InChI is InChI=1S/C21H27N5O6S/c1-14(23-21(22)28)20(27)24-16-5-8-18(26-9-11-32-12-10-26)19(13-16)33(29,30)25-15-3-6-17(31-2)7-4-15/h3-8,13-14,25H,9-12H2,1-2H3,(H,24,27)(H3,22,23,28). The number of rotatable bonds is 8. The van der Waals surface area contributed by atoms with Crippen molar-refractivity contribution in [1.82, 2.24) is 5.32 Å². The molecule has 5 N–H and O–H groups in total. The zero-order chi connectivity index (χ0) is 24.0. The number of anilines is 3. The first-order valence-electron chi connectivity index (χ1n) is 10.2. The average molecular weight is 478 g/mol. The van der Waals surface area contributed by atoms with E-state index >= 15 is 0 Å².